The number of carbonyl (C=O) groups excluding carboxylic acids is 2. The normalized spacial score (nSPS) is 14.9. The molecule has 0 spiro atoms. The Morgan fingerprint density at radius 3 is 2.54 bits per heavy atom. The minimum Gasteiger partial charge on any atom is -0.327 e. The molecule has 2 aromatic rings. The van der Waals surface area contributed by atoms with Crippen LogP contribution in [0.2, 0.25) is 10.2 Å². The number of carbonyl (C=O) groups is 2. The van der Waals surface area contributed by atoms with E-state index in [0.717, 1.165) is 4.90 Å². The molecular formula is C18H19Cl2N4O2+. The summed E-state index contributed by atoms with van der Waals surface area (Å²) in [5.41, 5.74) is 1.02. The number of aromatic nitrogens is 1. The van der Waals surface area contributed by atoms with Crippen LogP contribution < -0.4 is 10.2 Å². The fraction of sp³-hybridized carbons (Fsp3) is 0.278. The Kier molecular flexibility index (Phi) is 6.08. The van der Waals surface area contributed by atoms with Crippen LogP contribution in [-0.4, -0.2) is 54.4 Å². The molecule has 0 radical (unpaired) electrons. The third kappa shape index (κ3) is 4.52. The smallest absolute Gasteiger partial charge is 0.279 e. The zero-order valence-electron chi connectivity index (χ0n) is 14.0. The molecular weight excluding hydrogens is 375 g/mol. The SMILES string of the molecule is O=C(C[NH+]1CCN(C(=O)c2cccnc2Cl)CC1)Nc1ccccc1Cl. The average Bonchev–Trinajstić information content (AvgIpc) is 2.64. The Bertz CT molecular complexity index is 807. The first-order valence-electron chi connectivity index (χ1n) is 8.32. The third-order valence-corrected chi connectivity index (χ3v) is 4.94. The number of nitrogens with one attached hydrogen (secondary N) is 2. The lowest BCUT2D eigenvalue weighted by molar-refractivity contribution is -0.895. The zero-order valence-corrected chi connectivity index (χ0v) is 15.6. The summed E-state index contributed by atoms with van der Waals surface area (Å²) in [5.74, 6) is -0.217. The summed E-state index contributed by atoms with van der Waals surface area (Å²) in [6, 6.07) is 10.5. The van der Waals surface area contributed by atoms with Gasteiger partial charge in [-0.05, 0) is 24.3 Å². The molecule has 2 N–H and O–H groups in total. The highest BCUT2D eigenvalue weighted by Gasteiger charge is 2.27. The van der Waals surface area contributed by atoms with Crippen LogP contribution in [0.4, 0.5) is 5.69 Å². The topological polar surface area (TPSA) is 66.7 Å². The molecule has 0 unspecified atom stereocenters. The molecule has 26 heavy (non-hydrogen) atoms. The van der Waals surface area contributed by atoms with Gasteiger partial charge in [0.25, 0.3) is 11.8 Å². The van der Waals surface area contributed by atoms with Crippen molar-refractivity contribution in [2.75, 3.05) is 38.0 Å². The predicted octanol–water partition coefficient (Wildman–Crippen LogP) is 1.37. The molecule has 3 rings (SSSR count). The van der Waals surface area contributed by atoms with Gasteiger partial charge in [-0.3, -0.25) is 9.59 Å². The van der Waals surface area contributed by atoms with Crippen LogP contribution in [0.5, 0.6) is 0 Å². The van der Waals surface area contributed by atoms with Gasteiger partial charge in [0.2, 0.25) is 0 Å². The molecule has 136 valence electrons. The van der Waals surface area contributed by atoms with Gasteiger partial charge in [-0.2, -0.15) is 0 Å². The maximum absolute atomic E-state index is 12.5. The van der Waals surface area contributed by atoms with E-state index < -0.39 is 0 Å². The van der Waals surface area contributed by atoms with Gasteiger partial charge in [-0.25, -0.2) is 4.98 Å². The van der Waals surface area contributed by atoms with Gasteiger partial charge in [0.1, 0.15) is 5.15 Å². The molecule has 0 saturated carbocycles. The lowest BCUT2D eigenvalue weighted by atomic mass is 10.2. The number of para-hydroxylation sites is 1. The minimum atomic E-state index is -0.123. The molecule has 2 heterocycles. The Labute approximate surface area is 161 Å². The van der Waals surface area contributed by atoms with Gasteiger partial charge in [0, 0.05) is 6.20 Å². The van der Waals surface area contributed by atoms with Crippen molar-refractivity contribution in [2.45, 2.75) is 0 Å². The van der Waals surface area contributed by atoms with Crippen molar-refractivity contribution in [3.05, 3.63) is 58.3 Å². The summed E-state index contributed by atoms with van der Waals surface area (Å²) in [6.07, 6.45) is 1.55. The van der Waals surface area contributed by atoms with Crippen molar-refractivity contribution < 1.29 is 14.5 Å². The number of pyridine rings is 1. The third-order valence-electron chi connectivity index (χ3n) is 4.31. The van der Waals surface area contributed by atoms with E-state index in [9.17, 15) is 9.59 Å². The second kappa shape index (κ2) is 8.49. The van der Waals surface area contributed by atoms with Crippen molar-refractivity contribution >= 4 is 40.7 Å². The van der Waals surface area contributed by atoms with Crippen LogP contribution in [0.25, 0.3) is 0 Å². The maximum Gasteiger partial charge on any atom is 0.279 e. The summed E-state index contributed by atoms with van der Waals surface area (Å²) < 4.78 is 0. The summed E-state index contributed by atoms with van der Waals surface area (Å²) in [4.78, 5) is 31.6. The minimum absolute atomic E-state index is 0.0943. The predicted molar refractivity (Wildman–Crippen MR) is 101 cm³/mol. The van der Waals surface area contributed by atoms with Crippen LogP contribution in [0.15, 0.2) is 42.6 Å². The maximum atomic E-state index is 12.5. The quantitative estimate of drug-likeness (QED) is 0.770. The van der Waals surface area contributed by atoms with Crippen molar-refractivity contribution in [1.29, 1.82) is 0 Å². The largest absolute Gasteiger partial charge is 0.327 e. The van der Waals surface area contributed by atoms with Crippen LogP contribution in [0.3, 0.4) is 0 Å². The van der Waals surface area contributed by atoms with Gasteiger partial charge in [0.15, 0.2) is 6.54 Å². The number of benzene rings is 1. The highest BCUT2D eigenvalue weighted by Crippen LogP contribution is 2.20. The van der Waals surface area contributed by atoms with E-state index in [1.807, 2.05) is 12.1 Å². The van der Waals surface area contributed by atoms with E-state index in [0.29, 0.717) is 49.0 Å². The first kappa shape index (κ1) is 18.6. The lowest BCUT2D eigenvalue weighted by Gasteiger charge is -2.32. The number of nitrogens with zero attached hydrogens (tertiary/aromatic N) is 2. The number of hydrogen-bond acceptors (Lipinski definition) is 3. The van der Waals surface area contributed by atoms with E-state index in [-0.39, 0.29) is 17.0 Å². The molecule has 1 aromatic carbocycles. The number of rotatable bonds is 4. The molecule has 2 amide bonds. The summed E-state index contributed by atoms with van der Waals surface area (Å²) in [6.45, 7) is 2.86. The molecule has 0 atom stereocenters. The van der Waals surface area contributed by atoms with Crippen LogP contribution >= 0.6 is 23.2 Å². The van der Waals surface area contributed by atoms with E-state index in [1.54, 1.807) is 35.4 Å². The van der Waals surface area contributed by atoms with E-state index in [4.69, 9.17) is 23.2 Å². The fourth-order valence-corrected chi connectivity index (χ4v) is 3.29. The van der Waals surface area contributed by atoms with Crippen LogP contribution in [0, 0.1) is 0 Å². The summed E-state index contributed by atoms with van der Waals surface area (Å²) in [7, 11) is 0. The monoisotopic (exact) mass is 393 g/mol. The van der Waals surface area contributed by atoms with Crippen LogP contribution in [-0.2, 0) is 4.79 Å². The first-order valence-corrected chi connectivity index (χ1v) is 9.08. The molecule has 1 saturated heterocycles. The van der Waals surface area contributed by atoms with Gasteiger partial charge in [-0.15, -0.1) is 0 Å². The van der Waals surface area contributed by atoms with Crippen LogP contribution in [0.1, 0.15) is 10.4 Å². The molecule has 1 aliphatic rings. The highest BCUT2D eigenvalue weighted by atomic mass is 35.5. The van der Waals surface area contributed by atoms with E-state index >= 15 is 0 Å². The number of anilines is 1. The van der Waals surface area contributed by atoms with Crippen molar-refractivity contribution in [1.82, 2.24) is 9.88 Å². The van der Waals surface area contributed by atoms with Gasteiger partial charge >= 0.3 is 0 Å². The Hall–Kier alpha value is -2.15. The van der Waals surface area contributed by atoms with Gasteiger partial charge in [0.05, 0.1) is 42.5 Å². The van der Waals surface area contributed by atoms with Crippen molar-refractivity contribution in [3.8, 4) is 0 Å². The lowest BCUT2D eigenvalue weighted by Crippen LogP contribution is -3.15. The van der Waals surface area contributed by atoms with Crippen molar-refractivity contribution in [2.24, 2.45) is 0 Å². The van der Waals surface area contributed by atoms with Gasteiger partial charge < -0.3 is 15.1 Å². The van der Waals surface area contributed by atoms with E-state index in [1.165, 1.54) is 0 Å². The number of amides is 2. The molecule has 1 fully saturated rings. The average molecular weight is 394 g/mol. The molecule has 0 aliphatic carbocycles. The molecule has 1 aliphatic heterocycles. The molecule has 1 aromatic heterocycles. The number of piperazine rings is 1. The molecule has 6 nitrogen and oxygen atoms in total. The number of quaternary nitrogens is 1. The van der Waals surface area contributed by atoms with Gasteiger partial charge in [-0.1, -0.05) is 35.3 Å². The Morgan fingerprint density at radius 1 is 1.12 bits per heavy atom. The second-order valence-corrected chi connectivity index (χ2v) is 6.85. The summed E-state index contributed by atoms with van der Waals surface area (Å²) in [5, 5.41) is 3.55. The standard InChI is InChI=1S/C18H18Cl2N4O2/c19-14-5-1-2-6-15(14)22-16(25)12-23-8-10-24(11-9-23)18(26)13-4-3-7-21-17(13)20/h1-7H,8-12H2,(H,22,25)/p+1. The number of hydrogen-bond donors (Lipinski definition) is 2. The Morgan fingerprint density at radius 2 is 1.85 bits per heavy atom. The van der Waals surface area contributed by atoms with E-state index in [2.05, 4.69) is 10.3 Å². The first-order chi connectivity index (χ1) is 12.5. The number of halogens is 2. The Balaban J connectivity index is 1.51. The molecule has 0 bridgehead atoms. The summed E-state index contributed by atoms with van der Waals surface area (Å²) >= 11 is 12.1. The van der Waals surface area contributed by atoms with Crippen molar-refractivity contribution in [3.63, 3.8) is 0 Å². The second-order valence-electron chi connectivity index (χ2n) is 6.09. The zero-order chi connectivity index (χ0) is 18.5. The highest BCUT2D eigenvalue weighted by molar-refractivity contribution is 6.33. The fourth-order valence-electron chi connectivity index (χ4n) is 2.90. The molecule has 8 heteroatoms.